The Balaban J connectivity index is 1.82. The molecule has 0 aromatic heterocycles. The van der Waals surface area contributed by atoms with Crippen LogP contribution in [-0.4, -0.2) is 14.4 Å². The van der Waals surface area contributed by atoms with Gasteiger partial charge in [-0.25, -0.2) is 8.42 Å². The smallest absolute Gasteiger partial charge is 0.206 e. The number of carboxylic acids is 1. The summed E-state index contributed by atoms with van der Waals surface area (Å²) in [5.74, 6) is -0.320. The van der Waals surface area contributed by atoms with E-state index in [1.807, 2.05) is 0 Å². The van der Waals surface area contributed by atoms with E-state index in [0.29, 0.717) is 16.5 Å². The molecule has 0 radical (unpaired) electrons. The van der Waals surface area contributed by atoms with Gasteiger partial charge in [0.2, 0.25) is 9.84 Å². The Morgan fingerprint density at radius 3 is 1.65 bits per heavy atom. The third kappa shape index (κ3) is 3.87. The molecule has 5 nitrogen and oxygen atoms in total. The van der Waals surface area contributed by atoms with Crippen LogP contribution in [0.3, 0.4) is 0 Å². The summed E-state index contributed by atoms with van der Waals surface area (Å²) in [6.07, 6.45) is 0. The predicted molar refractivity (Wildman–Crippen MR) is 94.2 cm³/mol. The van der Waals surface area contributed by atoms with Crippen molar-refractivity contribution in [1.29, 1.82) is 0 Å². The molecule has 0 unspecified atom stereocenters. The molecule has 7 heteroatoms. The van der Waals surface area contributed by atoms with Crippen molar-refractivity contribution in [2.45, 2.75) is 9.79 Å². The summed E-state index contributed by atoms with van der Waals surface area (Å²) in [5, 5.41) is 11.3. The molecule has 0 heterocycles. The van der Waals surface area contributed by atoms with E-state index >= 15 is 0 Å². The first-order valence-electron chi connectivity index (χ1n) is 7.46. The Morgan fingerprint density at radius 2 is 1.19 bits per heavy atom. The number of hydrogen-bond donors (Lipinski definition) is 0. The molecule has 26 heavy (non-hydrogen) atoms. The molecular formula is C19H12ClO5S-. The number of halogens is 1. The van der Waals surface area contributed by atoms with Gasteiger partial charge in [0.1, 0.15) is 11.5 Å². The van der Waals surface area contributed by atoms with Crippen molar-refractivity contribution in [3.63, 3.8) is 0 Å². The summed E-state index contributed by atoms with van der Waals surface area (Å²) in [7, 11) is -3.76. The summed E-state index contributed by atoms with van der Waals surface area (Å²) in [6, 6.07) is 17.6. The zero-order chi connectivity index (χ0) is 18.7. The van der Waals surface area contributed by atoms with Gasteiger partial charge < -0.3 is 14.6 Å². The van der Waals surface area contributed by atoms with Gasteiger partial charge in [-0.1, -0.05) is 23.7 Å². The molecule has 3 aromatic carbocycles. The molecule has 0 fully saturated rings. The van der Waals surface area contributed by atoms with E-state index in [1.165, 1.54) is 48.5 Å². The van der Waals surface area contributed by atoms with Gasteiger partial charge in [0.25, 0.3) is 0 Å². The van der Waals surface area contributed by atoms with Crippen molar-refractivity contribution >= 4 is 27.4 Å². The summed E-state index contributed by atoms with van der Waals surface area (Å²) < 4.78 is 30.8. The lowest BCUT2D eigenvalue weighted by Crippen LogP contribution is -2.22. The molecule has 132 valence electrons. The van der Waals surface area contributed by atoms with Gasteiger partial charge in [-0.05, 0) is 66.2 Å². The third-order valence-electron chi connectivity index (χ3n) is 3.58. The van der Waals surface area contributed by atoms with Crippen molar-refractivity contribution in [2.24, 2.45) is 0 Å². The van der Waals surface area contributed by atoms with Crippen molar-refractivity contribution < 1.29 is 23.1 Å². The number of rotatable bonds is 5. The average Bonchev–Trinajstić information content (AvgIpc) is 2.64. The Kier molecular flexibility index (Phi) is 4.97. The van der Waals surface area contributed by atoms with Crippen LogP contribution in [0.5, 0.6) is 11.5 Å². The van der Waals surface area contributed by atoms with Crippen LogP contribution in [0, 0.1) is 0 Å². The molecule has 3 aromatic rings. The molecule has 0 amide bonds. The number of ether oxygens (including phenoxy) is 1. The normalized spacial score (nSPS) is 11.1. The van der Waals surface area contributed by atoms with Crippen LogP contribution in [0.1, 0.15) is 10.4 Å². The first-order valence-corrected chi connectivity index (χ1v) is 9.32. The van der Waals surface area contributed by atoms with Gasteiger partial charge in [0, 0.05) is 5.02 Å². The lowest BCUT2D eigenvalue weighted by molar-refractivity contribution is -0.255. The minimum atomic E-state index is -3.76. The van der Waals surface area contributed by atoms with Crippen LogP contribution < -0.4 is 9.84 Å². The Morgan fingerprint density at radius 1 is 0.769 bits per heavy atom. The topological polar surface area (TPSA) is 83.5 Å². The number of carbonyl (C=O) groups excluding carboxylic acids is 1. The number of carbonyl (C=O) groups is 1. The molecule has 0 atom stereocenters. The molecule has 0 saturated carbocycles. The Hall–Kier alpha value is -2.83. The summed E-state index contributed by atoms with van der Waals surface area (Å²) in [6.45, 7) is 0. The molecule has 0 aliphatic rings. The Bertz CT molecular complexity index is 1020. The van der Waals surface area contributed by atoms with E-state index in [0.717, 1.165) is 0 Å². The second-order valence-corrected chi connectivity index (χ2v) is 7.73. The van der Waals surface area contributed by atoms with Crippen LogP contribution in [0.15, 0.2) is 82.6 Å². The molecule has 0 saturated heterocycles. The highest BCUT2D eigenvalue weighted by Crippen LogP contribution is 2.26. The number of aromatic carboxylic acids is 1. The summed E-state index contributed by atoms with van der Waals surface area (Å²) >= 11 is 5.81. The zero-order valence-corrected chi connectivity index (χ0v) is 14.8. The quantitative estimate of drug-likeness (QED) is 0.670. The average molecular weight is 388 g/mol. The van der Waals surface area contributed by atoms with Gasteiger partial charge in [-0.15, -0.1) is 0 Å². The molecule has 3 rings (SSSR count). The fourth-order valence-corrected chi connectivity index (χ4v) is 3.62. The Labute approximate surface area is 155 Å². The second-order valence-electron chi connectivity index (χ2n) is 5.34. The number of benzene rings is 3. The molecule has 0 bridgehead atoms. The van der Waals surface area contributed by atoms with Gasteiger partial charge >= 0.3 is 0 Å². The highest BCUT2D eigenvalue weighted by Gasteiger charge is 2.17. The van der Waals surface area contributed by atoms with E-state index in [2.05, 4.69) is 0 Å². The molecule has 0 N–H and O–H groups in total. The van der Waals surface area contributed by atoms with E-state index < -0.39 is 15.8 Å². The first-order chi connectivity index (χ1) is 12.4. The predicted octanol–water partition coefficient (Wildman–Crippen LogP) is 3.33. The minimum Gasteiger partial charge on any atom is -0.545 e. The number of hydrogen-bond acceptors (Lipinski definition) is 5. The highest BCUT2D eigenvalue weighted by molar-refractivity contribution is 7.91. The van der Waals surface area contributed by atoms with Crippen molar-refractivity contribution in [3.05, 3.63) is 83.4 Å². The zero-order valence-electron chi connectivity index (χ0n) is 13.3. The SMILES string of the molecule is O=C([O-])c1ccc(S(=O)(=O)c2ccc(Oc3ccc(Cl)cc3)cc2)cc1. The fourth-order valence-electron chi connectivity index (χ4n) is 2.23. The minimum absolute atomic E-state index is 0.00568. The number of sulfone groups is 1. The van der Waals surface area contributed by atoms with E-state index in [-0.39, 0.29) is 15.4 Å². The maximum absolute atomic E-state index is 12.6. The lowest BCUT2D eigenvalue weighted by Gasteiger charge is -2.09. The first kappa shape index (κ1) is 18.0. The largest absolute Gasteiger partial charge is 0.545 e. The van der Waals surface area contributed by atoms with Crippen molar-refractivity contribution in [2.75, 3.05) is 0 Å². The second kappa shape index (κ2) is 7.19. The van der Waals surface area contributed by atoms with E-state index in [9.17, 15) is 18.3 Å². The lowest BCUT2D eigenvalue weighted by atomic mass is 10.2. The van der Waals surface area contributed by atoms with Gasteiger partial charge in [-0.3, -0.25) is 0 Å². The monoisotopic (exact) mass is 387 g/mol. The van der Waals surface area contributed by atoms with E-state index in [4.69, 9.17) is 16.3 Å². The van der Waals surface area contributed by atoms with Crippen LogP contribution >= 0.6 is 11.6 Å². The van der Waals surface area contributed by atoms with E-state index in [1.54, 1.807) is 24.3 Å². The standard InChI is InChI=1S/C19H13ClO5S/c20-14-3-5-15(6-4-14)25-16-7-11-18(12-8-16)26(23,24)17-9-1-13(2-10-17)19(21)22/h1-12H,(H,21,22)/p-1. The molecule has 0 spiro atoms. The van der Waals surface area contributed by atoms with Gasteiger partial charge in [-0.2, -0.15) is 0 Å². The van der Waals surface area contributed by atoms with Crippen molar-refractivity contribution in [1.82, 2.24) is 0 Å². The fraction of sp³-hybridized carbons (Fsp3) is 0. The van der Waals surface area contributed by atoms with Crippen LogP contribution in [0.25, 0.3) is 0 Å². The van der Waals surface area contributed by atoms with Crippen LogP contribution in [0.2, 0.25) is 5.02 Å². The maximum Gasteiger partial charge on any atom is 0.206 e. The summed E-state index contributed by atoms with van der Waals surface area (Å²) in [5.41, 5.74) is -0.0873. The maximum atomic E-state index is 12.6. The highest BCUT2D eigenvalue weighted by atomic mass is 35.5. The molecule has 0 aliphatic heterocycles. The van der Waals surface area contributed by atoms with Crippen LogP contribution in [0.4, 0.5) is 0 Å². The third-order valence-corrected chi connectivity index (χ3v) is 5.62. The molecule has 0 aliphatic carbocycles. The van der Waals surface area contributed by atoms with Crippen LogP contribution in [-0.2, 0) is 9.84 Å². The molecular weight excluding hydrogens is 376 g/mol. The van der Waals surface area contributed by atoms with Crippen molar-refractivity contribution in [3.8, 4) is 11.5 Å². The van der Waals surface area contributed by atoms with Gasteiger partial charge in [0.05, 0.1) is 15.8 Å². The number of carboxylic acid groups (broad SMARTS) is 1. The van der Waals surface area contributed by atoms with Gasteiger partial charge in [0.15, 0.2) is 0 Å². The summed E-state index contributed by atoms with van der Waals surface area (Å²) in [4.78, 5) is 10.8.